The topological polar surface area (TPSA) is 74.2 Å². The summed E-state index contributed by atoms with van der Waals surface area (Å²) in [5.41, 5.74) is 6.61. The van der Waals surface area contributed by atoms with Crippen LogP contribution in [-0.2, 0) is 13.2 Å². The highest BCUT2D eigenvalue weighted by Crippen LogP contribution is 2.29. The first-order valence-corrected chi connectivity index (χ1v) is 6.84. The van der Waals surface area contributed by atoms with Gasteiger partial charge in [-0.2, -0.15) is 4.98 Å². The van der Waals surface area contributed by atoms with E-state index in [1.54, 1.807) is 0 Å². The number of nitrogens with two attached hydrogens (primary N) is 1. The second-order valence-electron chi connectivity index (χ2n) is 4.42. The lowest BCUT2D eigenvalue weighted by Crippen LogP contribution is -2.03. The van der Waals surface area contributed by atoms with Crippen molar-refractivity contribution in [1.29, 1.82) is 0 Å². The predicted molar refractivity (Wildman–Crippen MR) is 74.8 cm³/mol. The molecule has 2 aromatic rings. The van der Waals surface area contributed by atoms with Gasteiger partial charge in [0, 0.05) is 18.0 Å². The van der Waals surface area contributed by atoms with Crippen LogP contribution in [-0.4, -0.2) is 10.1 Å². The molecule has 1 aromatic carbocycles. The molecule has 5 nitrogen and oxygen atoms in total. The summed E-state index contributed by atoms with van der Waals surface area (Å²) in [5, 5.41) is 3.89. The number of rotatable bonds is 5. The first-order valence-electron chi connectivity index (χ1n) is 6.04. The fourth-order valence-corrected chi connectivity index (χ4v) is 2.09. The van der Waals surface area contributed by atoms with E-state index in [4.69, 9.17) is 15.0 Å². The van der Waals surface area contributed by atoms with Crippen molar-refractivity contribution in [3.8, 4) is 5.75 Å². The van der Waals surface area contributed by atoms with Crippen molar-refractivity contribution in [2.24, 2.45) is 5.73 Å². The molecular weight excluding hydrogens is 310 g/mol. The number of aromatic nitrogens is 2. The highest BCUT2D eigenvalue weighted by molar-refractivity contribution is 9.10. The van der Waals surface area contributed by atoms with E-state index in [2.05, 4.69) is 26.1 Å². The van der Waals surface area contributed by atoms with Crippen LogP contribution in [0.5, 0.6) is 5.75 Å². The molecule has 0 spiro atoms. The van der Waals surface area contributed by atoms with Crippen molar-refractivity contribution in [1.82, 2.24) is 10.1 Å². The highest BCUT2D eigenvalue weighted by Gasteiger charge is 2.12. The van der Waals surface area contributed by atoms with Gasteiger partial charge in [0.15, 0.2) is 12.4 Å². The van der Waals surface area contributed by atoms with Gasteiger partial charge in [-0.3, -0.25) is 0 Å². The van der Waals surface area contributed by atoms with Crippen LogP contribution in [0.25, 0.3) is 0 Å². The minimum absolute atomic E-state index is 0.231. The summed E-state index contributed by atoms with van der Waals surface area (Å²) >= 11 is 3.44. The summed E-state index contributed by atoms with van der Waals surface area (Å²) in [6, 6.07) is 5.75. The number of halogens is 1. The van der Waals surface area contributed by atoms with Crippen molar-refractivity contribution in [2.45, 2.75) is 32.9 Å². The number of para-hydroxylation sites is 1. The Balaban J connectivity index is 2.09. The summed E-state index contributed by atoms with van der Waals surface area (Å²) < 4.78 is 11.7. The Morgan fingerprint density at radius 1 is 1.42 bits per heavy atom. The van der Waals surface area contributed by atoms with Crippen LogP contribution in [0.3, 0.4) is 0 Å². The molecule has 2 rings (SSSR count). The van der Waals surface area contributed by atoms with Crippen molar-refractivity contribution in [3.63, 3.8) is 0 Å². The molecule has 0 aliphatic carbocycles. The van der Waals surface area contributed by atoms with Gasteiger partial charge in [0.1, 0.15) is 5.75 Å². The van der Waals surface area contributed by atoms with Crippen molar-refractivity contribution in [3.05, 3.63) is 40.0 Å². The predicted octanol–water partition coefficient (Wildman–Crippen LogP) is 2.99. The van der Waals surface area contributed by atoms with Crippen LogP contribution >= 0.6 is 15.9 Å². The monoisotopic (exact) mass is 325 g/mol. The second kappa shape index (κ2) is 6.16. The smallest absolute Gasteiger partial charge is 0.264 e. The van der Waals surface area contributed by atoms with Gasteiger partial charge in [-0.25, -0.2) is 0 Å². The van der Waals surface area contributed by atoms with Crippen LogP contribution < -0.4 is 10.5 Å². The number of ether oxygens (including phenoxy) is 1. The first kappa shape index (κ1) is 14.0. The van der Waals surface area contributed by atoms with Gasteiger partial charge in [0.05, 0.1) is 4.47 Å². The van der Waals surface area contributed by atoms with Gasteiger partial charge in [-0.1, -0.05) is 31.1 Å². The molecule has 19 heavy (non-hydrogen) atoms. The molecule has 0 radical (unpaired) electrons. The van der Waals surface area contributed by atoms with Crippen LogP contribution in [0.1, 0.15) is 37.0 Å². The third-order valence-electron chi connectivity index (χ3n) is 2.61. The molecular formula is C13H16BrN3O2. The molecule has 1 aromatic heterocycles. The van der Waals surface area contributed by atoms with Crippen molar-refractivity contribution >= 4 is 15.9 Å². The average Bonchev–Trinajstić information content (AvgIpc) is 2.86. The summed E-state index contributed by atoms with van der Waals surface area (Å²) in [4.78, 5) is 4.26. The summed E-state index contributed by atoms with van der Waals surface area (Å²) in [5.74, 6) is 2.10. The van der Waals surface area contributed by atoms with Crippen LogP contribution in [0.4, 0.5) is 0 Å². The minimum atomic E-state index is 0.231. The number of hydrogen-bond donors (Lipinski definition) is 1. The molecule has 2 N–H and O–H groups in total. The zero-order valence-electron chi connectivity index (χ0n) is 10.9. The lowest BCUT2D eigenvalue weighted by Gasteiger charge is -2.10. The van der Waals surface area contributed by atoms with Gasteiger partial charge in [0.2, 0.25) is 0 Å². The Hall–Kier alpha value is -1.40. The van der Waals surface area contributed by atoms with E-state index < -0.39 is 0 Å². The molecule has 0 bridgehead atoms. The average molecular weight is 326 g/mol. The van der Waals surface area contributed by atoms with E-state index in [-0.39, 0.29) is 12.5 Å². The zero-order valence-corrected chi connectivity index (χ0v) is 12.5. The number of hydrogen-bond acceptors (Lipinski definition) is 5. The Labute approximate surface area is 120 Å². The molecule has 6 heteroatoms. The molecule has 0 unspecified atom stereocenters. The normalized spacial score (nSPS) is 11.0. The zero-order chi connectivity index (χ0) is 13.8. The van der Waals surface area contributed by atoms with E-state index >= 15 is 0 Å². The quantitative estimate of drug-likeness (QED) is 0.914. The molecule has 0 aliphatic heterocycles. The van der Waals surface area contributed by atoms with Gasteiger partial charge in [0.25, 0.3) is 5.89 Å². The maximum Gasteiger partial charge on any atom is 0.264 e. The third kappa shape index (κ3) is 3.33. The van der Waals surface area contributed by atoms with Gasteiger partial charge in [-0.05, 0) is 22.0 Å². The molecule has 0 amide bonds. The van der Waals surface area contributed by atoms with E-state index in [0.717, 1.165) is 10.0 Å². The Kier molecular flexibility index (Phi) is 4.55. The van der Waals surface area contributed by atoms with E-state index in [1.165, 1.54) is 0 Å². The van der Waals surface area contributed by atoms with Gasteiger partial charge >= 0.3 is 0 Å². The number of nitrogens with zero attached hydrogens (tertiary/aromatic N) is 2. The molecule has 102 valence electrons. The molecule has 1 heterocycles. The fourth-order valence-electron chi connectivity index (χ4n) is 1.57. The highest BCUT2D eigenvalue weighted by atomic mass is 79.9. The molecule has 0 saturated heterocycles. The van der Waals surface area contributed by atoms with Crippen molar-refractivity contribution in [2.75, 3.05) is 0 Å². The van der Waals surface area contributed by atoms with Gasteiger partial charge in [-0.15, -0.1) is 0 Å². The van der Waals surface area contributed by atoms with Crippen LogP contribution in [0.2, 0.25) is 0 Å². The molecule has 0 saturated carbocycles. The molecule has 0 atom stereocenters. The maximum absolute atomic E-state index is 5.71. The SMILES string of the molecule is CC(C)c1noc(COc2c(Br)cccc2CN)n1. The molecule has 0 fully saturated rings. The van der Waals surface area contributed by atoms with Crippen molar-refractivity contribution < 1.29 is 9.26 Å². The number of benzene rings is 1. The minimum Gasteiger partial charge on any atom is -0.482 e. The van der Waals surface area contributed by atoms with Crippen LogP contribution in [0.15, 0.2) is 27.2 Å². The fraction of sp³-hybridized carbons (Fsp3) is 0.385. The maximum atomic E-state index is 5.71. The first-order chi connectivity index (χ1) is 9.11. The Morgan fingerprint density at radius 3 is 2.84 bits per heavy atom. The second-order valence-corrected chi connectivity index (χ2v) is 5.28. The standard InChI is InChI=1S/C13H16BrN3O2/c1-8(2)13-16-11(19-17-13)7-18-12-9(6-15)4-3-5-10(12)14/h3-5,8H,6-7,15H2,1-2H3. The summed E-state index contributed by atoms with van der Waals surface area (Å²) in [6.07, 6.45) is 0. The lowest BCUT2D eigenvalue weighted by molar-refractivity contribution is 0.239. The lowest BCUT2D eigenvalue weighted by atomic mass is 10.2. The van der Waals surface area contributed by atoms with E-state index in [0.29, 0.717) is 24.0 Å². The largest absolute Gasteiger partial charge is 0.482 e. The summed E-state index contributed by atoms with van der Waals surface area (Å²) in [7, 11) is 0. The molecule has 0 aliphatic rings. The Bertz CT molecular complexity index is 555. The van der Waals surface area contributed by atoms with Gasteiger partial charge < -0.3 is 15.0 Å². The van der Waals surface area contributed by atoms with E-state index in [9.17, 15) is 0 Å². The Morgan fingerprint density at radius 2 is 2.21 bits per heavy atom. The summed E-state index contributed by atoms with van der Waals surface area (Å²) in [6.45, 7) is 4.66. The third-order valence-corrected chi connectivity index (χ3v) is 3.23. The van der Waals surface area contributed by atoms with E-state index in [1.807, 2.05) is 32.0 Å². The van der Waals surface area contributed by atoms with Crippen LogP contribution in [0, 0.1) is 0 Å².